The van der Waals surface area contributed by atoms with Crippen LogP contribution in [0.1, 0.15) is 33.2 Å². The Kier molecular flexibility index (Phi) is 5.68. The van der Waals surface area contributed by atoms with Gasteiger partial charge in [0, 0.05) is 43.0 Å². The van der Waals surface area contributed by atoms with Gasteiger partial charge in [-0.15, -0.1) is 0 Å². The van der Waals surface area contributed by atoms with Crippen molar-refractivity contribution in [1.29, 1.82) is 0 Å². The normalized spacial score (nSPS) is 14.9. The third kappa shape index (κ3) is 4.11. The molecule has 1 fully saturated rings. The van der Waals surface area contributed by atoms with E-state index in [2.05, 4.69) is 24.2 Å². The molecule has 136 valence electrons. The van der Waals surface area contributed by atoms with E-state index in [4.69, 9.17) is 0 Å². The number of hydrogen-bond acceptors (Lipinski definition) is 3. The fourth-order valence-electron chi connectivity index (χ4n) is 3.13. The van der Waals surface area contributed by atoms with Crippen molar-refractivity contribution in [2.45, 2.75) is 13.3 Å². The van der Waals surface area contributed by atoms with Crippen molar-refractivity contribution < 1.29 is 9.59 Å². The molecule has 1 aliphatic rings. The van der Waals surface area contributed by atoms with Crippen LogP contribution in [0.5, 0.6) is 0 Å². The highest BCUT2D eigenvalue weighted by molar-refractivity contribution is 6.06. The second kappa shape index (κ2) is 8.15. The Bertz CT molecular complexity index is 795. The van der Waals surface area contributed by atoms with Crippen LogP contribution in [0.25, 0.3) is 0 Å². The Hall–Kier alpha value is -2.66. The number of likely N-dealkylation sites (N-methyl/N-ethyl adjacent to an activating group) is 1. The second-order valence-corrected chi connectivity index (χ2v) is 6.64. The van der Waals surface area contributed by atoms with E-state index in [1.165, 1.54) is 0 Å². The quantitative estimate of drug-likeness (QED) is 0.921. The SMILES string of the molecule is CCc1ccccc1NC(=O)c1cccc(C(=O)N2CCN(C)CC2)c1. The first-order valence-electron chi connectivity index (χ1n) is 9.05. The highest BCUT2D eigenvalue weighted by atomic mass is 16.2. The lowest BCUT2D eigenvalue weighted by molar-refractivity contribution is 0.0664. The maximum Gasteiger partial charge on any atom is 0.255 e. The molecule has 5 nitrogen and oxygen atoms in total. The number of nitrogens with one attached hydrogen (secondary N) is 1. The van der Waals surface area contributed by atoms with Crippen LogP contribution in [0, 0.1) is 0 Å². The zero-order chi connectivity index (χ0) is 18.5. The van der Waals surface area contributed by atoms with Gasteiger partial charge in [0.25, 0.3) is 11.8 Å². The monoisotopic (exact) mass is 351 g/mol. The number of aryl methyl sites for hydroxylation is 1. The van der Waals surface area contributed by atoms with E-state index >= 15 is 0 Å². The summed E-state index contributed by atoms with van der Waals surface area (Å²) < 4.78 is 0. The van der Waals surface area contributed by atoms with E-state index in [1.807, 2.05) is 29.2 Å². The number of carbonyl (C=O) groups excluding carboxylic acids is 2. The molecule has 2 amide bonds. The second-order valence-electron chi connectivity index (χ2n) is 6.64. The third-order valence-corrected chi connectivity index (χ3v) is 4.81. The molecule has 1 heterocycles. The van der Waals surface area contributed by atoms with Gasteiger partial charge in [-0.25, -0.2) is 0 Å². The number of para-hydroxylation sites is 1. The predicted octanol–water partition coefficient (Wildman–Crippen LogP) is 2.89. The van der Waals surface area contributed by atoms with E-state index in [0.29, 0.717) is 11.1 Å². The van der Waals surface area contributed by atoms with Gasteiger partial charge in [-0.2, -0.15) is 0 Å². The molecule has 2 aromatic carbocycles. The summed E-state index contributed by atoms with van der Waals surface area (Å²) in [5.74, 6) is -0.208. The van der Waals surface area contributed by atoms with E-state index in [1.54, 1.807) is 24.3 Å². The highest BCUT2D eigenvalue weighted by Crippen LogP contribution is 2.17. The van der Waals surface area contributed by atoms with Gasteiger partial charge in [0.1, 0.15) is 0 Å². The van der Waals surface area contributed by atoms with Crippen LogP contribution in [0.2, 0.25) is 0 Å². The number of rotatable bonds is 4. The van der Waals surface area contributed by atoms with E-state index in [-0.39, 0.29) is 11.8 Å². The third-order valence-electron chi connectivity index (χ3n) is 4.81. The summed E-state index contributed by atoms with van der Waals surface area (Å²) in [4.78, 5) is 29.4. The smallest absolute Gasteiger partial charge is 0.255 e. The molecular formula is C21H25N3O2. The lowest BCUT2D eigenvalue weighted by atomic mass is 10.1. The van der Waals surface area contributed by atoms with Crippen molar-refractivity contribution in [3.8, 4) is 0 Å². The summed E-state index contributed by atoms with van der Waals surface area (Å²) in [6.07, 6.45) is 0.846. The van der Waals surface area contributed by atoms with Crippen molar-refractivity contribution in [1.82, 2.24) is 9.80 Å². The number of anilines is 1. The zero-order valence-electron chi connectivity index (χ0n) is 15.4. The number of amides is 2. The fourth-order valence-corrected chi connectivity index (χ4v) is 3.13. The summed E-state index contributed by atoms with van der Waals surface area (Å²) in [5, 5.41) is 2.96. The minimum atomic E-state index is -0.195. The number of hydrogen-bond donors (Lipinski definition) is 1. The lowest BCUT2D eigenvalue weighted by Gasteiger charge is -2.32. The van der Waals surface area contributed by atoms with Crippen molar-refractivity contribution >= 4 is 17.5 Å². The lowest BCUT2D eigenvalue weighted by Crippen LogP contribution is -2.47. The summed E-state index contributed by atoms with van der Waals surface area (Å²) in [6, 6.07) is 14.7. The molecule has 0 spiro atoms. The molecule has 0 radical (unpaired) electrons. The van der Waals surface area contributed by atoms with Gasteiger partial charge >= 0.3 is 0 Å². The molecule has 0 aromatic heterocycles. The van der Waals surface area contributed by atoms with Crippen LogP contribution in [-0.2, 0) is 6.42 Å². The first kappa shape index (κ1) is 18.1. The Morgan fingerprint density at radius 2 is 1.65 bits per heavy atom. The summed E-state index contributed by atoms with van der Waals surface area (Å²) in [6.45, 7) is 5.24. The molecule has 26 heavy (non-hydrogen) atoms. The van der Waals surface area contributed by atoms with Crippen molar-refractivity contribution in [2.24, 2.45) is 0 Å². The Labute approximate surface area is 154 Å². The molecule has 3 rings (SSSR count). The van der Waals surface area contributed by atoms with Gasteiger partial charge in [0.2, 0.25) is 0 Å². The van der Waals surface area contributed by atoms with E-state index in [9.17, 15) is 9.59 Å². The minimum absolute atomic E-state index is 0.0123. The maximum absolute atomic E-state index is 12.7. The van der Waals surface area contributed by atoms with E-state index < -0.39 is 0 Å². The van der Waals surface area contributed by atoms with Crippen LogP contribution in [0.3, 0.4) is 0 Å². The van der Waals surface area contributed by atoms with Crippen LogP contribution in [0.4, 0.5) is 5.69 Å². The average Bonchev–Trinajstić information content (AvgIpc) is 2.68. The van der Waals surface area contributed by atoms with Crippen LogP contribution >= 0.6 is 0 Å². The molecule has 0 unspecified atom stereocenters. The first-order chi connectivity index (χ1) is 12.6. The van der Waals surface area contributed by atoms with Crippen molar-refractivity contribution in [3.63, 3.8) is 0 Å². The van der Waals surface area contributed by atoms with Gasteiger partial charge in [0.05, 0.1) is 0 Å². The average molecular weight is 351 g/mol. The van der Waals surface area contributed by atoms with Gasteiger partial charge in [-0.1, -0.05) is 31.2 Å². The molecule has 2 aromatic rings. The predicted molar refractivity (Wildman–Crippen MR) is 104 cm³/mol. The molecule has 1 aliphatic heterocycles. The zero-order valence-corrected chi connectivity index (χ0v) is 15.4. The van der Waals surface area contributed by atoms with Crippen LogP contribution in [0.15, 0.2) is 48.5 Å². The summed E-state index contributed by atoms with van der Waals surface area (Å²) >= 11 is 0. The topological polar surface area (TPSA) is 52.7 Å². The van der Waals surface area contributed by atoms with Crippen LogP contribution in [-0.4, -0.2) is 54.8 Å². The molecule has 1 saturated heterocycles. The fraction of sp³-hybridized carbons (Fsp3) is 0.333. The Morgan fingerprint density at radius 1 is 0.962 bits per heavy atom. The van der Waals surface area contributed by atoms with Gasteiger partial charge < -0.3 is 15.1 Å². The molecule has 0 aliphatic carbocycles. The molecular weight excluding hydrogens is 326 g/mol. The molecule has 0 atom stereocenters. The van der Waals surface area contributed by atoms with E-state index in [0.717, 1.165) is 43.9 Å². The molecule has 1 N–H and O–H groups in total. The number of carbonyl (C=O) groups is 2. The van der Waals surface area contributed by atoms with Crippen molar-refractivity contribution in [3.05, 3.63) is 65.2 Å². The van der Waals surface area contributed by atoms with Gasteiger partial charge in [-0.3, -0.25) is 9.59 Å². The first-order valence-corrected chi connectivity index (χ1v) is 9.05. The molecule has 0 bridgehead atoms. The molecule has 5 heteroatoms. The maximum atomic E-state index is 12.7. The highest BCUT2D eigenvalue weighted by Gasteiger charge is 2.21. The van der Waals surface area contributed by atoms with Crippen molar-refractivity contribution in [2.75, 3.05) is 38.5 Å². The van der Waals surface area contributed by atoms with Gasteiger partial charge in [-0.05, 0) is 43.3 Å². The van der Waals surface area contributed by atoms with Crippen LogP contribution < -0.4 is 5.32 Å². The number of piperazine rings is 1. The standard InChI is InChI=1S/C21H25N3O2/c1-3-16-7-4-5-10-19(16)22-20(25)17-8-6-9-18(15-17)21(26)24-13-11-23(2)12-14-24/h4-10,15H,3,11-14H2,1-2H3,(H,22,25). The Balaban J connectivity index is 1.74. The minimum Gasteiger partial charge on any atom is -0.336 e. The Morgan fingerprint density at radius 3 is 2.38 bits per heavy atom. The number of nitrogens with zero attached hydrogens (tertiary/aromatic N) is 2. The summed E-state index contributed by atoms with van der Waals surface area (Å²) in [7, 11) is 2.06. The largest absolute Gasteiger partial charge is 0.336 e. The molecule has 0 saturated carbocycles. The van der Waals surface area contributed by atoms with Gasteiger partial charge in [0.15, 0.2) is 0 Å². The summed E-state index contributed by atoms with van der Waals surface area (Å²) in [5.41, 5.74) is 2.96. The number of benzene rings is 2.